The molecule has 19 heavy (non-hydrogen) atoms. The van der Waals surface area contributed by atoms with Gasteiger partial charge in [0.25, 0.3) is 0 Å². The van der Waals surface area contributed by atoms with Crippen LogP contribution in [0, 0.1) is 0 Å². The van der Waals surface area contributed by atoms with Crippen LogP contribution in [0.4, 0.5) is 8.78 Å². The summed E-state index contributed by atoms with van der Waals surface area (Å²) in [4.78, 5) is 0. The van der Waals surface area contributed by atoms with Crippen LogP contribution in [-0.4, -0.2) is 6.61 Å². The van der Waals surface area contributed by atoms with Gasteiger partial charge in [0.1, 0.15) is 17.3 Å². The molecule has 0 aliphatic heterocycles. The highest BCUT2D eigenvalue weighted by atomic mass is 19.3. The van der Waals surface area contributed by atoms with Gasteiger partial charge in [-0.2, -0.15) is 8.78 Å². The zero-order valence-electron chi connectivity index (χ0n) is 10.5. The van der Waals surface area contributed by atoms with Crippen molar-refractivity contribution in [3.05, 3.63) is 53.5 Å². The molecule has 0 saturated heterocycles. The van der Waals surface area contributed by atoms with Crippen LogP contribution >= 0.6 is 0 Å². The largest absolute Gasteiger partial charge is 0.464 e. The molecule has 0 aliphatic rings. The lowest BCUT2D eigenvalue weighted by atomic mass is 10.1. The number of aryl methyl sites for hydroxylation is 1. The molecule has 5 heteroatoms. The standard InChI is InChI=1S/C14H15F2NO2/c1-2-10-7-8-12(18-10)13(17)9-3-5-11(6-4-9)19-14(15)16/h3-8,13-14H,2,17H2,1H3. The molecule has 0 amide bonds. The number of furan rings is 1. The Morgan fingerprint density at radius 3 is 2.37 bits per heavy atom. The van der Waals surface area contributed by atoms with Crippen molar-refractivity contribution in [1.29, 1.82) is 0 Å². The third kappa shape index (κ3) is 3.32. The summed E-state index contributed by atoms with van der Waals surface area (Å²) in [7, 11) is 0. The Morgan fingerprint density at radius 1 is 1.16 bits per heavy atom. The molecule has 102 valence electrons. The summed E-state index contributed by atoms with van der Waals surface area (Å²) in [5.41, 5.74) is 6.83. The van der Waals surface area contributed by atoms with E-state index >= 15 is 0 Å². The van der Waals surface area contributed by atoms with E-state index in [2.05, 4.69) is 4.74 Å². The molecule has 1 aromatic heterocycles. The monoisotopic (exact) mass is 267 g/mol. The minimum Gasteiger partial charge on any atom is -0.464 e. The predicted molar refractivity (Wildman–Crippen MR) is 67.2 cm³/mol. The van der Waals surface area contributed by atoms with Crippen LogP contribution < -0.4 is 10.5 Å². The summed E-state index contributed by atoms with van der Waals surface area (Å²) in [5.74, 6) is 1.63. The topological polar surface area (TPSA) is 48.4 Å². The highest BCUT2D eigenvalue weighted by Gasteiger charge is 2.13. The van der Waals surface area contributed by atoms with Crippen molar-refractivity contribution in [3.63, 3.8) is 0 Å². The molecule has 1 atom stereocenters. The molecular weight excluding hydrogens is 252 g/mol. The first-order valence-electron chi connectivity index (χ1n) is 5.99. The van der Waals surface area contributed by atoms with Gasteiger partial charge in [0.2, 0.25) is 0 Å². The van der Waals surface area contributed by atoms with Crippen LogP contribution in [0.25, 0.3) is 0 Å². The average Bonchev–Trinajstić information content (AvgIpc) is 2.87. The first-order chi connectivity index (χ1) is 9.10. The Hall–Kier alpha value is -1.88. The van der Waals surface area contributed by atoms with E-state index in [1.807, 2.05) is 19.1 Å². The van der Waals surface area contributed by atoms with Gasteiger partial charge in [-0.3, -0.25) is 0 Å². The van der Waals surface area contributed by atoms with Crippen molar-refractivity contribution in [3.8, 4) is 5.75 Å². The average molecular weight is 267 g/mol. The number of alkyl halides is 2. The summed E-state index contributed by atoms with van der Waals surface area (Å²) >= 11 is 0. The minimum atomic E-state index is -2.82. The normalized spacial score (nSPS) is 12.7. The molecule has 1 aromatic carbocycles. The Balaban J connectivity index is 2.12. The van der Waals surface area contributed by atoms with Crippen LogP contribution in [0.5, 0.6) is 5.75 Å². The lowest BCUT2D eigenvalue weighted by Crippen LogP contribution is -2.11. The molecule has 0 fully saturated rings. The maximum absolute atomic E-state index is 12.0. The number of benzene rings is 1. The Bertz CT molecular complexity index is 522. The first-order valence-corrected chi connectivity index (χ1v) is 5.99. The second kappa shape index (κ2) is 5.84. The summed E-state index contributed by atoms with van der Waals surface area (Å²) < 4.78 is 33.9. The summed E-state index contributed by atoms with van der Waals surface area (Å²) in [6.45, 7) is -0.832. The third-order valence-electron chi connectivity index (χ3n) is 2.80. The summed E-state index contributed by atoms with van der Waals surface area (Å²) in [6, 6.07) is 9.51. The Morgan fingerprint density at radius 2 is 1.84 bits per heavy atom. The van der Waals surface area contributed by atoms with Crippen LogP contribution in [0.1, 0.15) is 30.0 Å². The van der Waals surface area contributed by atoms with Gasteiger partial charge < -0.3 is 14.9 Å². The number of hydrogen-bond donors (Lipinski definition) is 1. The number of rotatable bonds is 5. The predicted octanol–water partition coefficient (Wildman–Crippen LogP) is 3.49. The van der Waals surface area contributed by atoms with Gasteiger partial charge in [0, 0.05) is 6.42 Å². The van der Waals surface area contributed by atoms with E-state index in [0.717, 1.165) is 17.7 Å². The molecule has 2 N–H and O–H groups in total. The molecular formula is C14H15F2NO2. The number of nitrogens with two attached hydrogens (primary N) is 1. The lowest BCUT2D eigenvalue weighted by Gasteiger charge is -2.10. The van der Waals surface area contributed by atoms with E-state index < -0.39 is 12.7 Å². The highest BCUT2D eigenvalue weighted by Crippen LogP contribution is 2.24. The zero-order chi connectivity index (χ0) is 13.8. The highest BCUT2D eigenvalue weighted by molar-refractivity contribution is 5.32. The number of halogens is 2. The second-order valence-corrected chi connectivity index (χ2v) is 4.08. The number of ether oxygens (including phenoxy) is 1. The second-order valence-electron chi connectivity index (χ2n) is 4.08. The van der Waals surface area contributed by atoms with Crippen LogP contribution in [0.2, 0.25) is 0 Å². The molecule has 0 radical (unpaired) electrons. The fourth-order valence-corrected chi connectivity index (χ4v) is 1.77. The minimum absolute atomic E-state index is 0.111. The molecule has 2 aromatic rings. The van der Waals surface area contributed by atoms with Gasteiger partial charge >= 0.3 is 6.61 Å². The van der Waals surface area contributed by atoms with E-state index in [1.54, 1.807) is 12.1 Å². The van der Waals surface area contributed by atoms with Crippen molar-refractivity contribution in [2.24, 2.45) is 5.73 Å². The quantitative estimate of drug-likeness (QED) is 0.902. The van der Waals surface area contributed by atoms with Gasteiger partial charge in [-0.05, 0) is 29.8 Å². The molecule has 0 aliphatic carbocycles. The van der Waals surface area contributed by atoms with Gasteiger partial charge in [0.15, 0.2) is 0 Å². The fraction of sp³-hybridized carbons (Fsp3) is 0.286. The SMILES string of the molecule is CCc1ccc(C(N)c2ccc(OC(F)F)cc2)o1. The lowest BCUT2D eigenvalue weighted by molar-refractivity contribution is -0.0498. The van der Waals surface area contributed by atoms with Crippen molar-refractivity contribution < 1.29 is 17.9 Å². The van der Waals surface area contributed by atoms with E-state index in [0.29, 0.717) is 5.76 Å². The maximum atomic E-state index is 12.0. The molecule has 0 saturated carbocycles. The van der Waals surface area contributed by atoms with Crippen molar-refractivity contribution in [2.45, 2.75) is 26.0 Å². The van der Waals surface area contributed by atoms with E-state index in [4.69, 9.17) is 10.2 Å². The third-order valence-corrected chi connectivity index (χ3v) is 2.80. The van der Waals surface area contributed by atoms with Crippen LogP contribution in [-0.2, 0) is 6.42 Å². The van der Waals surface area contributed by atoms with Crippen molar-refractivity contribution >= 4 is 0 Å². The maximum Gasteiger partial charge on any atom is 0.387 e. The van der Waals surface area contributed by atoms with E-state index in [1.165, 1.54) is 12.1 Å². The number of hydrogen-bond acceptors (Lipinski definition) is 3. The van der Waals surface area contributed by atoms with Crippen molar-refractivity contribution in [2.75, 3.05) is 0 Å². The van der Waals surface area contributed by atoms with Crippen LogP contribution in [0.3, 0.4) is 0 Å². The molecule has 3 nitrogen and oxygen atoms in total. The van der Waals surface area contributed by atoms with Gasteiger partial charge in [-0.1, -0.05) is 19.1 Å². The first kappa shape index (κ1) is 13.5. The summed E-state index contributed by atoms with van der Waals surface area (Å²) in [5, 5.41) is 0. The molecule has 0 spiro atoms. The molecule has 1 unspecified atom stereocenters. The fourth-order valence-electron chi connectivity index (χ4n) is 1.77. The van der Waals surface area contributed by atoms with E-state index in [9.17, 15) is 8.78 Å². The van der Waals surface area contributed by atoms with Crippen molar-refractivity contribution in [1.82, 2.24) is 0 Å². The van der Waals surface area contributed by atoms with Gasteiger partial charge in [0.05, 0.1) is 6.04 Å². The summed E-state index contributed by atoms with van der Waals surface area (Å²) in [6.07, 6.45) is 0.799. The smallest absolute Gasteiger partial charge is 0.387 e. The molecule has 2 rings (SSSR count). The van der Waals surface area contributed by atoms with Gasteiger partial charge in [-0.25, -0.2) is 0 Å². The Labute approximate surface area is 110 Å². The zero-order valence-corrected chi connectivity index (χ0v) is 10.5. The van der Waals surface area contributed by atoms with Gasteiger partial charge in [-0.15, -0.1) is 0 Å². The van der Waals surface area contributed by atoms with E-state index in [-0.39, 0.29) is 5.75 Å². The Kier molecular flexibility index (Phi) is 4.16. The molecule has 0 bridgehead atoms. The molecule has 1 heterocycles. The van der Waals surface area contributed by atoms with Crippen LogP contribution in [0.15, 0.2) is 40.8 Å².